The van der Waals surface area contributed by atoms with Crippen molar-refractivity contribution in [3.05, 3.63) is 40.5 Å². The summed E-state index contributed by atoms with van der Waals surface area (Å²) in [5.74, 6) is 2.22. The summed E-state index contributed by atoms with van der Waals surface area (Å²) in [6.45, 7) is 8.27. The van der Waals surface area contributed by atoms with Crippen molar-refractivity contribution in [3.8, 4) is 0 Å². The molecule has 0 bridgehead atoms. The largest absolute Gasteiger partial charge is 0.377 e. The minimum Gasteiger partial charge on any atom is -0.377 e. The highest BCUT2D eigenvalue weighted by molar-refractivity contribution is 5.58. The molecule has 0 aliphatic carbocycles. The number of hydrogen-bond acceptors (Lipinski definition) is 3. The zero-order chi connectivity index (χ0) is 14.8. The van der Waals surface area contributed by atoms with Crippen molar-refractivity contribution in [3.63, 3.8) is 0 Å². The van der Waals surface area contributed by atoms with E-state index in [9.17, 15) is 0 Å². The van der Waals surface area contributed by atoms with Crippen molar-refractivity contribution in [1.82, 2.24) is 14.8 Å². The summed E-state index contributed by atoms with van der Waals surface area (Å²) in [6, 6.07) is 4.44. The van der Waals surface area contributed by atoms with Gasteiger partial charge in [0.1, 0.15) is 5.82 Å². The van der Waals surface area contributed by atoms with E-state index in [4.69, 9.17) is 0 Å². The van der Waals surface area contributed by atoms with Crippen LogP contribution in [0.2, 0.25) is 0 Å². The van der Waals surface area contributed by atoms with Gasteiger partial charge in [-0.3, -0.25) is 0 Å². The highest BCUT2D eigenvalue weighted by Crippen LogP contribution is 2.23. The van der Waals surface area contributed by atoms with Gasteiger partial charge >= 0.3 is 0 Å². The molecule has 1 aromatic heterocycles. The Balaban J connectivity index is 1.78. The van der Waals surface area contributed by atoms with E-state index in [1.54, 1.807) is 0 Å². The number of aryl methyl sites for hydroxylation is 4. The molecule has 0 fully saturated rings. The first kappa shape index (κ1) is 14.1. The van der Waals surface area contributed by atoms with Crippen LogP contribution < -0.4 is 5.32 Å². The van der Waals surface area contributed by atoms with Gasteiger partial charge in [0.25, 0.3) is 0 Å². The molecule has 4 heteroatoms. The van der Waals surface area contributed by atoms with Gasteiger partial charge in [0.2, 0.25) is 0 Å². The number of aromatic nitrogens is 3. The molecule has 2 heterocycles. The predicted molar refractivity (Wildman–Crippen MR) is 85.6 cm³/mol. The molecule has 21 heavy (non-hydrogen) atoms. The first-order chi connectivity index (χ1) is 10.1. The molecule has 1 aromatic carbocycles. The molecule has 2 aromatic rings. The summed E-state index contributed by atoms with van der Waals surface area (Å²) in [6.07, 6.45) is 4.84. The van der Waals surface area contributed by atoms with Crippen LogP contribution in [-0.4, -0.2) is 14.8 Å². The van der Waals surface area contributed by atoms with Gasteiger partial charge in [-0.2, -0.15) is 0 Å². The van der Waals surface area contributed by atoms with Gasteiger partial charge in [-0.15, -0.1) is 10.2 Å². The Morgan fingerprint density at radius 2 is 1.81 bits per heavy atom. The van der Waals surface area contributed by atoms with Crippen molar-refractivity contribution in [1.29, 1.82) is 0 Å². The zero-order valence-electron chi connectivity index (χ0n) is 13.2. The lowest BCUT2D eigenvalue weighted by atomic mass is 10.1. The molecule has 0 unspecified atom stereocenters. The molecule has 0 amide bonds. The molecule has 0 atom stereocenters. The lowest BCUT2D eigenvalue weighted by Crippen LogP contribution is -2.11. The molecule has 1 aliphatic heterocycles. The molecular formula is C17H24N4. The Labute approximate surface area is 126 Å². The van der Waals surface area contributed by atoms with E-state index in [1.165, 1.54) is 41.6 Å². The molecular weight excluding hydrogens is 260 g/mol. The third-order valence-corrected chi connectivity index (χ3v) is 4.29. The van der Waals surface area contributed by atoms with Gasteiger partial charge in [-0.05, 0) is 44.7 Å². The van der Waals surface area contributed by atoms with Crippen molar-refractivity contribution >= 4 is 5.69 Å². The van der Waals surface area contributed by atoms with Crippen LogP contribution in [0, 0.1) is 20.8 Å². The maximum atomic E-state index is 4.38. The summed E-state index contributed by atoms with van der Waals surface area (Å²) in [7, 11) is 0. The summed E-state index contributed by atoms with van der Waals surface area (Å²) in [5.41, 5.74) is 5.13. The Morgan fingerprint density at radius 3 is 2.57 bits per heavy atom. The summed E-state index contributed by atoms with van der Waals surface area (Å²) in [5, 5.41) is 12.3. The highest BCUT2D eigenvalue weighted by Gasteiger charge is 2.14. The van der Waals surface area contributed by atoms with E-state index in [1.807, 2.05) is 0 Å². The quantitative estimate of drug-likeness (QED) is 0.937. The van der Waals surface area contributed by atoms with Crippen molar-refractivity contribution in [2.75, 3.05) is 5.32 Å². The van der Waals surface area contributed by atoms with Gasteiger partial charge in [0.15, 0.2) is 5.82 Å². The molecule has 1 aliphatic rings. The zero-order valence-corrected chi connectivity index (χ0v) is 13.2. The Morgan fingerprint density at radius 1 is 1.05 bits per heavy atom. The van der Waals surface area contributed by atoms with Gasteiger partial charge < -0.3 is 9.88 Å². The van der Waals surface area contributed by atoms with Gasteiger partial charge in [0.05, 0.1) is 6.54 Å². The number of anilines is 1. The molecule has 112 valence electrons. The average Bonchev–Trinajstić information content (AvgIpc) is 2.66. The average molecular weight is 284 g/mol. The minimum absolute atomic E-state index is 0.748. The third-order valence-electron chi connectivity index (χ3n) is 4.29. The second-order valence-corrected chi connectivity index (χ2v) is 6.12. The van der Waals surface area contributed by atoms with Crippen LogP contribution in [-0.2, 0) is 19.5 Å². The van der Waals surface area contributed by atoms with E-state index in [0.717, 1.165) is 31.2 Å². The standard InChI is InChI=1S/C17H24N4/c1-12-9-13(2)17(14(3)10-12)18-11-16-20-19-15-7-5-4-6-8-21(15)16/h9-10,18H,4-8,11H2,1-3H3. The fourth-order valence-corrected chi connectivity index (χ4v) is 3.30. The smallest absolute Gasteiger partial charge is 0.152 e. The van der Waals surface area contributed by atoms with Crippen LogP contribution in [0.4, 0.5) is 5.69 Å². The molecule has 4 nitrogen and oxygen atoms in total. The lowest BCUT2D eigenvalue weighted by molar-refractivity contribution is 0.610. The monoisotopic (exact) mass is 284 g/mol. The maximum absolute atomic E-state index is 4.38. The molecule has 0 saturated heterocycles. The Kier molecular flexibility index (Phi) is 3.95. The summed E-state index contributed by atoms with van der Waals surface area (Å²) >= 11 is 0. The SMILES string of the molecule is Cc1cc(C)c(NCc2nnc3n2CCCCC3)c(C)c1. The Hall–Kier alpha value is -1.84. The Bertz CT molecular complexity index is 619. The van der Waals surface area contributed by atoms with Gasteiger partial charge in [-0.25, -0.2) is 0 Å². The van der Waals surface area contributed by atoms with Crippen LogP contribution in [0.25, 0.3) is 0 Å². The van der Waals surface area contributed by atoms with E-state index in [2.05, 4.69) is 53.0 Å². The number of benzene rings is 1. The predicted octanol–water partition coefficient (Wildman–Crippen LogP) is 3.54. The molecule has 0 spiro atoms. The fourth-order valence-electron chi connectivity index (χ4n) is 3.30. The topological polar surface area (TPSA) is 42.7 Å². The highest BCUT2D eigenvalue weighted by atomic mass is 15.3. The first-order valence-corrected chi connectivity index (χ1v) is 7.88. The third kappa shape index (κ3) is 2.94. The first-order valence-electron chi connectivity index (χ1n) is 7.88. The lowest BCUT2D eigenvalue weighted by Gasteiger charge is -2.14. The van der Waals surface area contributed by atoms with Crippen LogP contribution in [0.15, 0.2) is 12.1 Å². The second-order valence-electron chi connectivity index (χ2n) is 6.12. The molecule has 0 saturated carbocycles. The normalized spacial score (nSPS) is 14.6. The minimum atomic E-state index is 0.748. The van der Waals surface area contributed by atoms with Crippen molar-refractivity contribution in [2.45, 2.75) is 59.5 Å². The van der Waals surface area contributed by atoms with Crippen LogP contribution in [0.3, 0.4) is 0 Å². The van der Waals surface area contributed by atoms with Crippen LogP contribution in [0.1, 0.15) is 47.6 Å². The molecule has 0 radical (unpaired) electrons. The molecule has 3 rings (SSSR count). The van der Waals surface area contributed by atoms with Gasteiger partial charge in [-0.1, -0.05) is 24.1 Å². The van der Waals surface area contributed by atoms with Crippen LogP contribution in [0.5, 0.6) is 0 Å². The van der Waals surface area contributed by atoms with E-state index in [0.29, 0.717) is 0 Å². The number of nitrogens with zero attached hydrogens (tertiary/aromatic N) is 3. The maximum Gasteiger partial charge on any atom is 0.152 e. The van der Waals surface area contributed by atoms with E-state index < -0.39 is 0 Å². The summed E-state index contributed by atoms with van der Waals surface area (Å²) in [4.78, 5) is 0. The number of fused-ring (bicyclic) bond motifs is 1. The van der Waals surface area contributed by atoms with Crippen LogP contribution >= 0.6 is 0 Å². The van der Waals surface area contributed by atoms with E-state index >= 15 is 0 Å². The summed E-state index contributed by atoms with van der Waals surface area (Å²) < 4.78 is 2.30. The van der Waals surface area contributed by atoms with Crippen molar-refractivity contribution < 1.29 is 0 Å². The second kappa shape index (κ2) is 5.88. The van der Waals surface area contributed by atoms with Gasteiger partial charge in [0, 0.05) is 18.7 Å². The fraction of sp³-hybridized carbons (Fsp3) is 0.529. The number of rotatable bonds is 3. The van der Waals surface area contributed by atoms with Crippen molar-refractivity contribution in [2.24, 2.45) is 0 Å². The number of nitrogens with one attached hydrogen (secondary N) is 1. The molecule has 1 N–H and O–H groups in total. The number of hydrogen-bond donors (Lipinski definition) is 1. The van der Waals surface area contributed by atoms with E-state index in [-0.39, 0.29) is 0 Å².